The van der Waals surface area contributed by atoms with Gasteiger partial charge in [0.15, 0.2) is 0 Å². The summed E-state index contributed by atoms with van der Waals surface area (Å²) in [6, 6.07) is 7.58. The third-order valence-electron chi connectivity index (χ3n) is 6.06. The molecule has 0 bridgehead atoms. The van der Waals surface area contributed by atoms with Crippen molar-refractivity contribution in [2.45, 2.75) is 25.3 Å². The molecular formula is C23H23N3O3. The first kappa shape index (κ1) is 17.9. The van der Waals surface area contributed by atoms with Gasteiger partial charge < -0.3 is 14.4 Å². The molecule has 148 valence electrons. The SMILES string of the molecule is CC(c1ccc(O)cc1)c1cn(C)c(=O)c2c1C=C(c1cnn(C3COC3)c1)C2. The molecule has 1 aliphatic carbocycles. The van der Waals surface area contributed by atoms with Gasteiger partial charge in [-0.3, -0.25) is 9.48 Å². The molecule has 1 saturated heterocycles. The van der Waals surface area contributed by atoms with Gasteiger partial charge in [0.2, 0.25) is 0 Å². The molecule has 29 heavy (non-hydrogen) atoms. The van der Waals surface area contributed by atoms with Crippen LogP contribution in [0, 0.1) is 0 Å². The van der Waals surface area contributed by atoms with E-state index in [1.165, 1.54) is 0 Å². The van der Waals surface area contributed by atoms with Crippen LogP contribution in [0.2, 0.25) is 0 Å². The van der Waals surface area contributed by atoms with E-state index in [2.05, 4.69) is 24.3 Å². The summed E-state index contributed by atoms with van der Waals surface area (Å²) in [7, 11) is 1.81. The number of phenols is 1. The zero-order valence-electron chi connectivity index (χ0n) is 16.5. The fraction of sp³-hybridized carbons (Fsp3) is 0.304. The highest BCUT2D eigenvalue weighted by Gasteiger charge is 2.26. The number of aromatic hydroxyl groups is 1. The summed E-state index contributed by atoms with van der Waals surface area (Å²) in [5.41, 5.74) is 6.29. The zero-order chi connectivity index (χ0) is 20.1. The van der Waals surface area contributed by atoms with Gasteiger partial charge in [-0.15, -0.1) is 0 Å². The van der Waals surface area contributed by atoms with E-state index in [-0.39, 0.29) is 17.2 Å². The highest BCUT2D eigenvalue weighted by Crippen LogP contribution is 2.36. The smallest absolute Gasteiger partial charge is 0.254 e. The first-order valence-corrected chi connectivity index (χ1v) is 9.85. The molecule has 0 amide bonds. The van der Waals surface area contributed by atoms with Gasteiger partial charge in [0.05, 0.1) is 25.5 Å². The number of aromatic nitrogens is 3. The second kappa shape index (κ2) is 6.74. The molecule has 6 heteroatoms. The van der Waals surface area contributed by atoms with E-state index in [0.717, 1.165) is 33.4 Å². The monoisotopic (exact) mass is 389 g/mol. The first-order chi connectivity index (χ1) is 14.0. The minimum absolute atomic E-state index is 0.0488. The lowest BCUT2D eigenvalue weighted by atomic mass is 9.90. The lowest BCUT2D eigenvalue weighted by Gasteiger charge is -2.25. The Kier molecular flexibility index (Phi) is 4.17. The number of phenolic OH excluding ortho intramolecular Hbond substituents is 1. The van der Waals surface area contributed by atoms with Gasteiger partial charge in [-0.2, -0.15) is 5.10 Å². The maximum Gasteiger partial charge on any atom is 0.254 e. The average Bonchev–Trinajstić information content (AvgIpc) is 3.31. The van der Waals surface area contributed by atoms with Crippen molar-refractivity contribution >= 4 is 11.6 Å². The van der Waals surface area contributed by atoms with E-state index in [4.69, 9.17) is 4.74 Å². The van der Waals surface area contributed by atoms with Crippen LogP contribution >= 0.6 is 0 Å². The minimum atomic E-state index is 0.0488. The highest BCUT2D eigenvalue weighted by molar-refractivity contribution is 5.89. The molecule has 5 rings (SSSR count). The number of aryl methyl sites for hydroxylation is 1. The molecule has 3 aromatic rings. The lowest BCUT2D eigenvalue weighted by molar-refractivity contribution is -0.0286. The fourth-order valence-electron chi connectivity index (χ4n) is 4.15. The number of nitrogens with zero attached hydrogens (tertiary/aromatic N) is 3. The van der Waals surface area contributed by atoms with E-state index in [0.29, 0.717) is 25.7 Å². The standard InChI is InChI=1S/C23H23N3O3/c1-14(15-3-5-19(27)6-4-15)22-11-25(2)23(28)21-8-16(7-20(21)22)17-9-24-26(10-17)18-12-29-13-18/h3-7,9-11,14,18,27H,8,12-13H2,1-2H3. The van der Waals surface area contributed by atoms with Gasteiger partial charge in [0.1, 0.15) is 5.75 Å². The van der Waals surface area contributed by atoms with Crippen LogP contribution in [-0.2, 0) is 18.2 Å². The Labute approximate surface area is 168 Å². The van der Waals surface area contributed by atoms with Crippen molar-refractivity contribution < 1.29 is 9.84 Å². The van der Waals surface area contributed by atoms with Gasteiger partial charge in [-0.05, 0) is 40.5 Å². The number of pyridine rings is 1. The van der Waals surface area contributed by atoms with Gasteiger partial charge in [-0.1, -0.05) is 19.1 Å². The number of hydrogen-bond donors (Lipinski definition) is 1. The van der Waals surface area contributed by atoms with Crippen LogP contribution in [0.5, 0.6) is 5.75 Å². The topological polar surface area (TPSA) is 69.3 Å². The Balaban J connectivity index is 1.55. The Morgan fingerprint density at radius 3 is 2.66 bits per heavy atom. The Morgan fingerprint density at radius 1 is 1.21 bits per heavy atom. The predicted molar refractivity (Wildman–Crippen MR) is 111 cm³/mol. The van der Waals surface area contributed by atoms with E-state index in [1.807, 2.05) is 36.3 Å². The van der Waals surface area contributed by atoms with E-state index >= 15 is 0 Å². The molecule has 1 fully saturated rings. The van der Waals surface area contributed by atoms with Crippen LogP contribution in [0.15, 0.2) is 47.7 Å². The Hall–Kier alpha value is -3.12. The number of benzene rings is 1. The van der Waals surface area contributed by atoms with Crippen molar-refractivity contribution in [2.75, 3.05) is 13.2 Å². The lowest BCUT2D eigenvalue weighted by Crippen LogP contribution is -2.30. The number of rotatable bonds is 4. The molecule has 3 heterocycles. The van der Waals surface area contributed by atoms with Crippen LogP contribution in [0.1, 0.15) is 46.7 Å². The van der Waals surface area contributed by atoms with Crippen LogP contribution in [0.25, 0.3) is 11.6 Å². The summed E-state index contributed by atoms with van der Waals surface area (Å²) < 4.78 is 8.90. The first-order valence-electron chi connectivity index (χ1n) is 9.85. The summed E-state index contributed by atoms with van der Waals surface area (Å²) in [5.74, 6) is 0.351. The molecule has 6 nitrogen and oxygen atoms in total. The largest absolute Gasteiger partial charge is 0.508 e. The summed E-state index contributed by atoms with van der Waals surface area (Å²) in [4.78, 5) is 12.8. The number of fused-ring (bicyclic) bond motifs is 1. The summed E-state index contributed by atoms with van der Waals surface area (Å²) >= 11 is 0. The Morgan fingerprint density at radius 2 is 1.97 bits per heavy atom. The average molecular weight is 389 g/mol. The summed E-state index contributed by atoms with van der Waals surface area (Å²) in [6.07, 6.45) is 8.63. The minimum Gasteiger partial charge on any atom is -0.508 e. The van der Waals surface area contributed by atoms with Crippen LogP contribution in [0.3, 0.4) is 0 Å². The molecule has 0 radical (unpaired) electrons. The fourth-order valence-corrected chi connectivity index (χ4v) is 4.15. The van der Waals surface area contributed by atoms with Crippen molar-refractivity contribution in [3.05, 3.63) is 81.0 Å². The predicted octanol–water partition coefficient (Wildman–Crippen LogP) is 3.11. The third-order valence-corrected chi connectivity index (χ3v) is 6.06. The van der Waals surface area contributed by atoms with Crippen molar-refractivity contribution in [3.63, 3.8) is 0 Å². The van der Waals surface area contributed by atoms with Gasteiger partial charge in [0.25, 0.3) is 5.56 Å². The number of ether oxygens (including phenoxy) is 1. The van der Waals surface area contributed by atoms with Crippen molar-refractivity contribution in [2.24, 2.45) is 7.05 Å². The molecule has 0 spiro atoms. The second-order valence-electron chi connectivity index (χ2n) is 7.95. The molecule has 1 aliphatic heterocycles. The maximum absolute atomic E-state index is 12.8. The second-order valence-corrected chi connectivity index (χ2v) is 7.95. The quantitative estimate of drug-likeness (QED) is 0.744. The summed E-state index contributed by atoms with van der Waals surface area (Å²) in [6.45, 7) is 3.54. The van der Waals surface area contributed by atoms with Crippen molar-refractivity contribution in [3.8, 4) is 5.75 Å². The molecule has 0 saturated carbocycles. The Bertz CT molecular complexity index is 1170. The third kappa shape index (κ3) is 3.00. The van der Waals surface area contributed by atoms with Crippen molar-refractivity contribution in [1.82, 2.24) is 14.3 Å². The van der Waals surface area contributed by atoms with E-state index in [9.17, 15) is 9.90 Å². The van der Waals surface area contributed by atoms with Gasteiger partial charge >= 0.3 is 0 Å². The van der Waals surface area contributed by atoms with Crippen LogP contribution < -0.4 is 5.56 Å². The number of hydrogen-bond acceptors (Lipinski definition) is 4. The van der Waals surface area contributed by atoms with Crippen molar-refractivity contribution in [1.29, 1.82) is 0 Å². The van der Waals surface area contributed by atoms with Gasteiger partial charge in [-0.25, -0.2) is 0 Å². The van der Waals surface area contributed by atoms with Crippen LogP contribution in [-0.4, -0.2) is 32.7 Å². The molecule has 1 aromatic carbocycles. The van der Waals surface area contributed by atoms with Crippen LogP contribution in [0.4, 0.5) is 0 Å². The normalized spacial score (nSPS) is 17.0. The van der Waals surface area contributed by atoms with E-state index < -0.39 is 0 Å². The molecule has 1 N–H and O–H groups in total. The van der Waals surface area contributed by atoms with Gasteiger partial charge in [0, 0.05) is 42.9 Å². The molecule has 2 aromatic heterocycles. The van der Waals surface area contributed by atoms with E-state index in [1.54, 1.807) is 16.7 Å². The summed E-state index contributed by atoms with van der Waals surface area (Å²) in [5, 5.41) is 14.1. The molecular weight excluding hydrogens is 366 g/mol. The molecule has 1 unspecified atom stereocenters. The molecule has 1 atom stereocenters. The highest BCUT2D eigenvalue weighted by atomic mass is 16.5. The zero-order valence-corrected chi connectivity index (χ0v) is 16.5. The maximum atomic E-state index is 12.8. The molecule has 2 aliphatic rings. The number of allylic oxidation sites excluding steroid dienone is 1.